The molecule has 1 aliphatic rings. The van der Waals surface area contributed by atoms with Crippen LogP contribution in [0.4, 0.5) is 5.69 Å². The van der Waals surface area contributed by atoms with Gasteiger partial charge in [-0.15, -0.1) is 0 Å². The summed E-state index contributed by atoms with van der Waals surface area (Å²) >= 11 is 6.99. The highest BCUT2D eigenvalue weighted by molar-refractivity contribution is 9.11. The van der Waals surface area contributed by atoms with Gasteiger partial charge in [0, 0.05) is 26.9 Å². The van der Waals surface area contributed by atoms with Crippen molar-refractivity contribution >= 4 is 55.1 Å². The van der Waals surface area contributed by atoms with E-state index in [1.807, 2.05) is 49.4 Å². The van der Waals surface area contributed by atoms with Crippen LogP contribution in [-0.4, -0.2) is 12.5 Å². The molecule has 22 heavy (non-hydrogen) atoms. The predicted molar refractivity (Wildman–Crippen MR) is 96.0 cm³/mol. The largest absolute Gasteiger partial charge is 0.492 e. The van der Waals surface area contributed by atoms with Crippen molar-refractivity contribution in [2.75, 3.05) is 11.9 Å². The highest BCUT2D eigenvalue weighted by Crippen LogP contribution is 2.38. The topological polar surface area (TPSA) is 38.3 Å². The van der Waals surface area contributed by atoms with Gasteiger partial charge >= 0.3 is 0 Å². The fraction of sp³-hybridized carbons (Fsp3) is 0.118. The Morgan fingerprint density at radius 3 is 2.77 bits per heavy atom. The first-order valence-electron chi connectivity index (χ1n) is 6.84. The summed E-state index contributed by atoms with van der Waals surface area (Å²) in [5, 5.41) is 2.88. The lowest BCUT2D eigenvalue weighted by Crippen LogP contribution is -2.04. The van der Waals surface area contributed by atoms with Gasteiger partial charge in [-0.3, -0.25) is 4.79 Å². The van der Waals surface area contributed by atoms with Gasteiger partial charge in [-0.2, -0.15) is 0 Å². The number of halogens is 2. The number of amides is 1. The van der Waals surface area contributed by atoms with E-state index in [1.54, 1.807) is 0 Å². The number of anilines is 1. The van der Waals surface area contributed by atoms with Crippen molar-refractivity contribution in [2.24, 2.45) is 0 Å². The average molecular weight is 423 g/mol. The first kappa shape index (κ1) is 15.3. The maximum atomic E-state index is 12.2. The lowest BCUT2D eigenvalue weighted by molar-refractivity contribution is -0.110. The van der Waals surface area contributed by atoms with Gasteiger partial charge in [0.05, 0.1) is 11.1 Å². The van der Waals surface area contributed by atoms with E-state index < -0.39 is 0 Å². The van der Waals surface area contributed by atoms with E-state index in [-0.39, 0.29) is 5.91 Å². The summed E-state index contributed by atoms with van der Waals surface area (Å²) in [6.07, 6.45) is 1.86. The zero-order valence-corrected chi connectivity index (χ0v) is 15.0. The number of hydrogen-bond acceptors (Lipinski definition) is 2. The van der Waals surface area contributed by atoms with Gasteiger partial charge in [0.1, 0.15) is 5.75 Å². The summed E-state index contributed by atoms with van der Waals surface area (Å²) in [7, 11) is 0. The number of fused-ring (bicyclic) bond motifs is 1. The maximum Gasteiger partial charge on any atom is 0.256 e. The molecule has 3 nitrogen and oxygen atoms in total. The molecule has 0 radical (unpaired) electrons. The van der Waals surface area contributed by atoms with Crippen molar-refractivity contribution < 1.29 is 9.53 Å². The number of carbonyl (C=O) groups is 1. The molecule has 0 atom stereocenters. The molecule has 0 spiro atoms. The van der Waals surface area contributed by atoms with Crippen molar-refractivity contribution in [3.05, 3.63) is 56.5 Å². The average Bonchev–Trinajstić information content (AvgIpc) is 2.79. The van der Waals surface area contributed by atoms with Crippen molar-refractivity contribution in [2.45, 2.75) is 6.92 Å². The van der Waals surface area contributed by atoms with E-state index >= 15 is 0 Å². The van der Waals surface area contributed by atoms with Crippen molar-refractivity contribution in [1.29, 1.82) is 0 Å². The second kappa shape index (κ2) is 6.26. The van der Waals surface area contributed by atoms with E-state index in [9.17, 15) is 4.79 Å². The van der Waals surface area contributed by atoms with E-state index in [2.05, 4.69) is 37.2 Å². The molecule has 0 saturated heterocycles. The minimum atomic E-state index is -0.0975. The molecule has 0 unspecified atom stereocenters. The van der Waals surface area contributed by atoms with Crippen LogP contribution in [0.1, 0.15) is 18.1 Å². The Bertz CT molecular complexity index is 784. The highest BCUT2D eigenvalue weighted by atomic mass is 79.9. The van der Waals surface area contributed by atoms with Crippen LogP contribution in [-0.2, 0) is 4.79 Å². The van der Waals surface area contributed by atoms with Crippen LogP contribution in [0, 0.1) is 0 Å². The van der Waals surface area contributed by atoms with Gasteiger partial charge in [0.15, 0.2) is 0 Å². The van der Waals surface area contributed by atoms with Crippen LogP contribution in [0.3, 0.4) is 0 Å². The molecule has 5 heteroatoms. The molecule has 0 aliphatic carbocycles. The molecule has 3 rings (SSSR count). The van der Waals surface area contributed by atoms with E-state index in [4.69, 9.17) is 4.74 Å². The molecule has 1 amide bonds. The van der Waals surface area contributed by atoms with Crippen molar-refractivity contribution in [1.82, 2.24) is 0 Å². The van der Waals surface area contributed by atoms with Gasteiger partial charge in [0.2, 0.25) is 0 Å². The Hall–Kier alpha value is -1.59. The molecule has 1 N–H and O–H groups in total. The second-order valence-electron chi connectivity index (χ2n) is 4.80. The Balaban J connectivity index is 2.15. The molecule has 0 saturated carbocycles. The molecule has 2 aromatic rings. The number of nitrogens with one attached hydrogen (secondary N) is 1. The monoisotopic (exact) mass is 421 g/mol. The molecule has 0 fully saturated rings. The van der Waals surface area contributed by atoms with Crippen molar-refractivity contribution in [3.8, 4) is 5.75 Å². The van der Waals surface area contributed by atoms with Gasteiger partial charge in [0.25, 0.3) is 5.91 Å². The van der Waals surface area contributed by atoms with Crippen molar-refractivity contribution in [3.63, 3.8) is 0 Å². The number of rotatable bonds is 3. The van der Waals surface area contributed by atoms with E-state index in [1.165, 1.54) is 0 Å². The third-order valence-corrected chi connectivity index (χ3v) is 4.38. The third kappa shape index (κ3) is 2.83. The molecular weight excluding hydrogens is 410 g/mol. The summed E-state index contributed by atoms with van der Waals surface area (Å²) < 4.78 is 7.48. The molecule has 1 aliphatic heterocycles. The quantitative estimate of drug-likeness (QED) is 0.698. The molecule has 2 aromatic carbocycles. The normalized spacial score (nSPS) is 14.9. The van der Waals surface area contributed by atoms with Gasteiger partial charge < -0.3 is 10.1 Å². The number of hydrogen-bond donors (Lipinski definition) is 1. The summed E-state index contributed by atoms with van der Waals surface area (Å²) in [5.41, 5.74) is 3.24. The zero-order chi connectivity index (χ0) is 15.7. The highest BCUT2D eigenvalue weighted by Gasteiger charge is 2.24. The molecular formula is C17H13Br2NO2. The first-order chi connectivity index (χ1) is 10.6. The Kier molecular flexibility index (Phi) is 4.36. The van der Waals surface area contributed by atoms with Crippen LogP contribution in [0.5, 0.6) is 5.75 Å². The molecule has 1 heterocycles. The van der Waals surface area contributed by atoms with Crippen LogP contribution in [0.15, 0.2) is 45.3 Å². The van der Waals surface area contributed by atoms with Crippen LogP contribution < -0.4 is 10.1 Å². The Morgan fingerprint density at radius 2 is 2.00 bits per heavy atom. The summed E-state index contributed by atoms with van der Waals surface area (Å²) in [4.78, 5) is 12.2. The lowest BCUT2D eigenvalue weighted by Gasteiger charge is -2.11. The zero-order valence-electron chi connectivity index (χ0n) is 11.8. The summed E-state index contributed by atoms with van der Waals surface area (Å²) in [6.45, 7) is 2.49. The standard InChI is InChI=1S/C17H13Br2NO2/c1-2-22-16-10(7-11(18)9-14(16)19)8-13-12-5-3-4-6-15(12)20-17(13)21/h3-9H,2H2,1H3,(H,20,21). The smallest absolute Gasteiger partial charge is 0.256 e. The Morgan fingerprint density at radius 1 is 1.23 bits per heavy atom. The maximum absolute atomic E-state index is 12.2. The summed E-state index contributed by atoms with van der Waals surface area (Å²) in [6, 6.07) is 11.5. The van der Waals surface area contributed by atoms with Gasteiger partial charge in [-0.25, -0.2) is 0 Å². The van der Waals surface area contributed by atoms with Crippen LogP contribution in [0.25, 0.3) is 11.6 Å². The fourth-order valence-corrected chi connectivity index (χ4v) is 3.79. The predicted octanol–water partition coefficient (Wildman–Crippen LogP) is 5.10. The van der Waals surface area contributed by atoms with Crippen LogP contribution >= 0.6 is 31.9 Å². The molecule has 112 valence electrons. The minimum Gasteiger partial charge on any atom is -0.492 e. The summed E-state index contributed by atoms with van der Waals surface area (Å²) in [5.74, 6) is 0.634. The fourth-order valence-electron chi connectivity index (χ4n) is 2.42. The lowest BCUT2D eigenvalue weighted by atomic mass is 10.0. The number of benzene rings is 2. The van der Waals surface area contributed by atoms with E-state index in [0.717, 1.165) is 31.5 Å². The first-order valence-corrected chi connectivity index (χ1v) is 8.43. The number of carbonyl (C=O) groups excluding carboxylic acids is 1. The minimum absolute atomic E-state index is 0.0975. The van der Waals surface area contributed by atoms with Gasteiger partial charge in [-0.05, 0) is 47.1 Å². The number of para-hydroxylation sites is 1. The molecule has 0 bridgehead atoms. The van der Waals surface area contributed by atoms with Gasteiger partial charge in [-0.1, -0.05) is 34.1 Å². The Labute approximate surface area is 145 Å². The SMILES string of the molecule is CCOc1c(Br)cc(Br)cc1C=C1C(=O)Nc2ccccc21. The second-order valence-corrected chi connectivity index (χ2v) is 6.57. The molecule has 0 aromatic heterocycles. The van der Waals surface area contributed by atoms with Crippen LogP contribution in [0.2, 0.25) is 0 Å². The third-order valence-electron chi connectivity index (χ3n) is 3.34. The number of ether oxygens (including phenoxy) is 1. The van der Waals surface area contributed by atoms with E-state index in [0.29, 0.717) is 12.2 Å².